The summed E-state index contributed by atoms with van der Waals surface area (Å²) in [6.45, 7) is 0.467. The number of hydrogen-bond donors (Lipinski definition) is 2. The molecule has 0 aromatic heterocycles. The maximum atomic E-state index is 12.9. The monoisotopic (exact) mass is 301 g/mol. The smallest absolute Gasteiger partial charge is 0.290 e. The fraction of sp³-hybridized carbons (Fsp3) is 0.176. The summed E-state index contributed by atoms with van der Waals surface area (Å²) in [6.07, 6.45) is 0.565. The van der Waals surface area contributed by atoms with Gasteiger partial charge in [0.2, 0.25) is 5.91 Å². The molecule has 3 rings (SSSR count). The van der Waals surface area contributed by atoms with Crippen molar-refractivity contribution in [2.75, 3.05) is 6.54 Å². The van der Waals surface area contributed by atoms with Crippen LogP contribution >= 0.6 is 0 Å². The highest BCUT2D eigenvalue weighted by Crippen LogP contribution is 2.26. The van der Waals surface area contributed by atoms with Crippen LogP contribution < -0.4 is 5.32 Å². The Labute approximate surface area is 127 Å². The molecule has 1 aliphatic heterocycles. The van der Waals surface area contributed by atoms with Gasteiger partial charge >= 0.3 is 0 Å². The summed E-state index contributed by atoms with van der Waals surface area (Å²) >= 11 is 0. The molecule has 1 aliphatic rings. The molecule has 0 aliphatic carbocycles. The SMILES string of the molecule is O=C1CC(c2ccc(-c3ccc(F)cc3)cc2)CN1.O=CO. The van der Waals surface area contributed by atoms with E-state index in [0.717, 1.165) is 11.1 Å². The van der Waals surface area contributed by atoms with Crippen molar-refractivity contribution in [2.45, 2.75) is 12.3 Å². The Bertz CT molecular complexity index is 638. The van der Waals surface area contributed by atoms with E-state index in [4.69, 9.17) is 9.90 Å². The fourth-order valence-corrected chi connectivity index (χ4v) is 2.43. The standard InChI is InChI=1S/C16H14FNO.CH2O2/c17-15-7-5-12(6-8-15)11-1-3-13(4-2-11)14-9-16(19)18-10-14;2-1-3/h1-8,14H,9-10H2,(H,18,19);1H,(H,2,3). The lowest BCUT2D eigenvalue weighted by Gasteiger charge is -2.09. The van der Waals surface area contributed by atoms with Gasteiger partial charge in [0.25, 0.3) is 6.47 Å². The lowest BCUT2D eigenvalue weighted by atomic mass is 9.95. The van der Waals surface area contributed by atoms with Gasteiger partial charge in [-0.25, -0.2) is 4.39 Å². The lowest BCUT2D eigenvalue weighted by molar-refractivity contribution is -0.123. The predicted octanol–water partition coefficient (Wildman–Crippen LogP) is 2.80. The third-order valence-corrected chi connectivity index (χ3v) is 3.54. The van der Waals surface area contributed by atoms with Gasteiger partial charge in [-0.3, -0.25) is 9.59 Å². The molecular weight excluding hydrogens is 285 g/mol. The number of halogens is 1. The topological polar surface area (TPSA) is 66.4 Å². The molecule has 2 aromatic carbocycles. The highest BCUT2D eigenvalue weighted by Gasteiger charge is 2.22. The number of carbonyl (C=O) groups excluding carboxylic acids is 1. The summed E-state index contributed by atoms with van der Waals surface area (Å²) in [7, 11) is 0. The molecule has 0 radical (unpaired) electrons. The van der Waals surface area contributed by atoms with Gasteiger partial charge in [0.05, 0.1) is 0 Å². The number of amides is 1. The Hall–Kier alpha value is -2.69. The molecule has 22 heavy (non-hydrogen) atoms. The Morgan fingerprint density at radius 2 is 1.55 bits per heavy atom. The number of rotatable bonds is 2. The molecule has 114 valence electrons. The van der Waals surface area contributed by atoms with Gasteiger partial charge in [-0.2, -0.15) is 0 Å². The second-order valence-electron chi connectivity index (χ2n) is 4.94. The lowest BCUT2D eigenvalue weighted by Crippen LogP contribution is -2.13. The van der Waals surface area contributed by atoms with Crippen LogP contribution in [0, 0.1) is 5.82 Å². The Balaban J connectivity index is 0.000000545. The van der Waals surface area contributed by atoms with E-state index in [1.54, 1.807) is 12.1 Å². The van der Waals surface area contributed by atoms with Crippen LogP contribution in [0.3, 0.4) is 0 Å². The Morgan fingerprint density at radius 1 is 1.05 bits per heavy atom. The maximum Gasteiger partial charge on any atom is 0.290 e. The molecule has 1 fully saturated rings. The average molecular weight is 301 g/mol. The molecule has 0 saturated carbocycles. The van der Waals surface area contributed by atoms with Crippen molar-refractivity contribution < 1.29 is 19.1 Å². The molecule has 4 nitrogen and oxygen atoms in total. The minimum atomic E-state index is -0.250. The van der Waals surface area contributed by atoms with Gasteiger partial charge in [-0.15, -0.1) is 0 Å². The van der Waals surface area contributed by atoms with Crippen LogP contribution in [0.15, 0.2) is 48.5 Å². The van der Waals surface area contributed by atoms with Crippen molar-refractivity contribution in [3.05, 3.63) is 59.9 Å². The predicted molar refractivity (Wildman–Crippen MR) is 80.9 cm³/mol. The first kappa shape index (κ1) is 15.7. The van der Waals surface area contributed by atoms with Crippen molar-refractivity contribution >= 4 is 12.4 Å². The van der Waals surface area contributed by atoms with E-state index in [0.29, 0.717) is 13.0 Å². The number of carbonyl (C=O) groups is 2. The number of carboxylic acid groups (broad SMARTS) is 1. The Kier molecular flexibility index (Phi) is 5.25. The molecule has 0 spiro atoms. The first-order chi connectivity index (χ1) is 10.6. The maximum absolute atomic E-state index is 12.9. The van der Waals surface area contributed by atoms with E-state index in [1.165, 1.54) is 17.7 Å². The Morgan fingerprint density at radius 3 is 2.00 bits per heavy atom. The summed E-state index contributed by atoms with van der Waals surface area (Å²) in [4.78, 5) is 19.6. The number of nitrogens with one attached hydrogen (secondary N) is 1. The van der Waals surface area contributed by atoms with Gasteiger partial charge in [0, 0.05) is 18.9 Å². The molecule has 1 atom stereocenters. The van der Waals surface area contributed by atoms with Crippen LogP contribution in [0.1, 0.15) is 17.9 Å². The quantitative estimate of drug-likeness (QED) is 0.838. The van der Waals surface area contributed by atoms with Crippen LogP contribution in [0.2, 0.25) is 0 Å². The van der Waals surface area contributed by atoms with Crippen molar-refractivity contribution in [3.63, 3.8) is 0 Å². The van der Waals surface area contributed by atoms with Crippen LogP contribution in [0.25, 0.3) is 11.1 Å². The number of benzene rings is 2. The summed E-state index contributed by atoms with van der Waals surface area (Å²) in [5.74, 6) is 0.165. The molecule has 1 amide bonds. The first-order valence-electron chi connectivity index (χ1n) is 6.84. The average Bonchev–Trinajstić information content (AvgIpc) is 2.96. The van der Waals surface area contributed by atoms with Crippen molar-refractivity contribution in [2.24, 2.45) is 0 Å². The molecule has 5 heteroatoms. The number of hydrogen-bond acceptors (Lipinski definition) is 2. The fourth-order valence-electron chi connectivity index (χ4n) is 2.43. The van der Waals surface area contributed by atoms with Crippen LogP contribution in [-0.2, 0) is 9.59 Å². The van der Waals surface area contributed by atoms with Crippen molar-refractivity contribution in [1.29, 1.82) is 0 Å². The van der Waals surface area contributed by atoms with Gasteiger partial charge in [-0.05, 0) is 28.8 Å². The summed E-state index contributed by atoms with van der Waals surface area (Å²) in [5, 5.41) is 9.73. The van der Waals surface area contributed by atoms with Gasteiger partial charge < -0.3 is 10.4 Å². The van der Waals surface area contributed by atoms with E-state index in [9.17, 15) is 9.18 Å². The molecule has 1 saturated heterocycles. The van der Waals surface area contributed by atoms with Gasteiger partial charge in [-0.1, -0.05) is 36.4 Å². The zero-order chi connectivity index (χ0) is 15.9. The highest BCUT2D eigenvalue weighted by atomic mass is 19.1. The molecule has 0 bridgehead atoms. The van der Waals surface area contributed by atoms with Gasteiger partial charge in [0.15, 0.2) is 0 Å². The van der Waals surface area contributed by atoms with E-state index in [2.05, 4.69) is 5.32 Å². The van der Waals surface area contributed by atoms with E-state index in [-0.39, 0.29) is 24.1 Å². The molecule has 1 heterocycles. The summed E-state index contributed by atoms with van der Waals surface area (Å²) < 4.78 is 12.9. The van der Waals surface area contributed by atoms with Gasteiger partial charge in [0.1, 0.15) is 5.82 Å². The van der Waals surface area contributed by atoms with Crippen molar-refractivity contribution in [3.8, 4) is 11.1 Å². The minimum Gasteiger partial charge on any atom is -0.483 e. The largest absolute Gasteiger partial charge is 0.483 e. The third kappa shape index (κ3) is 3.91. The molecule has 2 N–H and O–H groups in total. The third-order valence-electron chi connectivity index (χ3n) is 3.54. The van der Waals surface area contributed by atoms with E-state index < -0.39 is 0 Å². The summed E-state index contributed by atoms with van der Waals surface area (Å²) in [6, 6.07) is 14.6. The normalized spacial score (nSPS) is 16.4. The molecule has 1 unspecified atom stereocenters. The van der Waals surface area contributed by atoms with Crippen LogP contribution in [0.4, 0.5) is 4.39 Å². The van der Waals surface area contributed by atoms with E-state index in [1.807, 2.05) is 24.3 Å². The van der Waals surface area contributed by atoms with E-state index >= 15 is 0 Å². The minimum absolute atomic E-state index is 0.118. The molecule has 2 aromatic rings. The highest BCUT2D eigenvalue weighted by molar-refractivity contribution is 5.79. The van der Waals surface area contributed by atoms with Crippen LogP contribution in [-0.4, -0.2) is 24.0 Å². The zero-order valence-corrected chi connectivity index (χ0v) is 11.8. The first-order valence-corrected chi connectivity index (χ1v) is 6.84. The van der Waals surface area contributed by atoms with Crippen LogP contribution in [0.5, 0.6) is 0 Å². The summed E-state index contributed by atoms with van der Waals surface area (Å²) in [5.41, 5.74) is 3.22. The molecular formula is C17H16FNO3. The zero-order valence-electron chi connectivity index (χ0n) is 11.8. The second-order valence-corrected chi connectivity index (χ2v) is 4.94. The van der Waals surface area contributed by atoms with Crippen molar-refractivity contribution in [1.82, 2.24) is 5.32 Å². The second kappa shape index (κ2) is 7.36.